The first kappa shape index (κ1) is 13.8. The van der Waals surface area contributed by atoms with Crippen LogP contribution in [0.3, 0.4) is 0 Å². The van der Waals surface area contributed by atoms with Crippen molar-refractivity contribution in [1.82, 2.24) is 5.32 Å². The molecule has 0 aromatic heterocycles. The fourth-order valence-electron chi connectivity index (χ4n) is 1.88. The number of hydrogen-bond donors (Lipinski definition) is 1. The predicted octanol–water partition coefficient (Wildman–Crippen LogP) is 4.02. The fourth-order valence-corrected chi connectivity index (χ4v) is 2.09. The molecular formula is C17H19NS. The van der Waals surface area contributed by atoms with Gasteiger partial charge in [-0.05, 0) is 24.5 Å². The first-order valence-electron chi connectivity index (χ1n) is 6.61. The molecule has 1 N–H and O–H groups in total. The highest BCUT2D eigenvalue weighted by molar-refractivity contribution is 7.80. The van der Waals surface area contributed by atoms with Crippen LogP contribution in [0.5, 0.6) is 0 Å². The van der Waals surface area contributed by atoms with E-state index in [1.807, 2.05) is 0 Å². The Labute approximate surface area is 120 Å². The lowest BCUT2D eigenvalue weighted by Crippen LogP contribution is -2.21. The lowest BCUT2D eigenvalue weighted by atomic mass is 10.1. The van der Waals surface area contributed by atoms with Gasteiger partial charge in [0.25, 0.3) is 0 Å². The van der Waals surface area contributed by atoms with E-state index in [4.69, 9.17) is 12.2 Å². The van der Waals surface area contributed by atoms with E-state index in [0.29, 0.717) is 0 Å². The van der Waals surface area contributed by atoms with Crippen LogP contribution < -0.4 is 5.32 Å². The summed E-state index contributed by atoms with van der Waals surface area (Å²) in [4.78, 5) is 0.805. The highest BCUT2D eigenvalue weighted by Crippen LogP contribution is 2.07. The Morgan fingerprint density at radius 1 is 0.947 bits per heavy atom. The molecular weight excluding hydrogens is 250 g/mol. The van der Waals surface area contributed by atoms with Crippen LogP contribution in [0.2, 0.25) is 0 Å². The smallest absolute Gasteiger partial charge is 0.106 e. The average Bonchev–Trinajstić information content (AvgIpc) is 2.46. The number of benzene rings is 2. The molecule has 0 unspecified atom stereocenters. The number of hydrogen-bond acceptors (Lipinski definition) is 1. The van der Waals surface area contributed by atoms with Crippen LogP contribution in [0.25, 0.3) is 0 Å². The van der Waals surface area contributed by atoms with Gasteiger partial charge >= 0.3 is 0 Å². The molecule has 2 rings (SSSR count). The number of rotatable bonds is 4. The molecule has 0 spiro atoms. The second-order valence-corrected chi connectivity index (χ2v) is 5.13. The van der Waals surface area contributed by atoms with Crippen molar-refractivity contribution in [3.05, 3.63) is 70.8 Å². The molecule has 0 bridgehead atoms. The molecule has 98 valence electrons. The Morgan fingerprint density at radius 2 is 1.53 bits per heavy atom. The van der Waals surface area contributed by atoms with E-state index < -0.39 is 0 Å². The van der Waals surface area contributed by atoms with Crippen LogP contribution in [0.15, 0.2) is 48.5 Å². The largest absolute Gasteiger partial charge is 0.372 e. The predicted molar refractivity (Wildman–Crippen MR) is 85.5 cm³/mol. The molecule has 0 amide bonds. The molecule has 0 heterocycles. The minimum atomic E-state index is 0.775. The monoisotopic (exact) mass is 269 g/mol. The van der Waals surface area contributed by atoms with E-state index in [1.165, 1.54) is 16.7 Å². The van der Waals surface area contributed by atoms with Gasteiger partial charge < -0.3 is 5.32 Å². The zero-order valence-electron chi connectivity index (χ0n) is 11.4. The van der Waals surface area contributed by atoms with Gasteiger partial charge in [-0.25, -0.2) is 0 Å². The van der Waals surface area contributed by atoms with E-state index in [0.717, 1.165) is 23.5 Å². The minimum absolute atomic E-state index is 0.775. The van der Waals surface area contributed by atoms with Gasteiger partial charge in [0.2, 0.25) is 0 Å². The van der Waals surface area contributed by atoms with Gasteiger partial charge in [-0.3, -0.25) is 0 Å². The Bertz CT molecular complexity index is 540. The van der Waals surface area contributed by atoms with Gasteiger partial charge in [0.15, 0.2) is 0 Å². The summed E-state index contributed by atoms with van der Waals surface area (Å²) in [5, 5.41) is 3.30. The van der Waals surface area contributed by atoms with Crippen molar-refractivity contribution >= 4 is 17.2 Å². The maximum absolute atomic E-state index is 5.40. The van der Waals surface area contributed by atoms with Crippen LogP contribution in [-0.4, -0.2) is 4.99 Å². The van der Waals surface area contributed by atoms with Crippen molar-refractivity contribution in [3.63, 3.8) is 0 Å². The molecule has 0 aliphatic carbocycles. The fraction of sp³-hybridized carbons (Fsp3) is 0.235. The van der Waals surface area contributed by atoms with Crippen molar-refractivity contribution in [3.8, 4) is 0 Å². The lowest BCUT2D eigenvalue weighted by molar-refractivity contribution is 0.926. The number of nitrogens with one attached hydrogen (secondary N) is 1. The summed E-state index contributed by atoms with van der Waals surface area (Å²) in [5.74, 6) is 0. The molecule has 0 fully saturated rings. The molecule has 1 nitrogen and oxygen atoms in total. The first-order chi connectivity index (χ1) is 9.19. The van der Waals surface area contributed by atoms with Crippen molar-refractivity contribution < 1.29 is 0 Å². The van der Waals surface area contributed by atoms with Crippen LogP contribution in [-0.2, 0) is 13.0 Å². The maximum atomic E-state index is 5.40. The second-order valence-electron chi connectivity index (χ2n) is 4.72. The Balaban J connectivity index is 1.94. The zero-order chi connectivity index (χ0) is 13.7. The highest BCUT2D eigenvalue weighted by Gasteiger charge is 2.00. The van der Waals surface area contributed by atoms with E-state index in [-0.39, 0.29) is 0 Å². The summed E-state index contributed by atoms with van der Waals surface area (Å²) in [6.45, 7) is 5.02. The van der Waals surface area contributed by atoms with E-state index in [2.05, 4.69) is 67.7 Å². The molecule has 0 radical (unpaired) electrons. The summed E-state index contributed by atoms with van der Waals surface area (Å²) < 4.78 is 0. The van der Waals surface area contributed by atoms with Crippen LogP contribution >= 0.6 is 12.2 Å². The molecule has 0 saturated heterocycles. The average molecular weight is 269 g/mol. The highest BCUT2D eigenvalue weighted by atomic mass is 32.1. The van der Waals surface area contributed by atoms with Crippen LogP contribution in [0.1, 0.15) is 29.2 Å². The van der Waals surface area contributed by atoms with E-state index in [9.17, 15) is 0 Å². The Kier molecular flexibility index (Phi) is 4.69. The molecule has 0 saturated carbocycles. The number of thiocarbonyl (C=S) groups is 1. The first-order valence-corrected chi connectivity index (χ1v) is 7.02. The summed E-state index contributed by atoms with van der Waals surface area (Å²) in [7, 11) is 0. The van der Waals surface area contributed by atoms with Gasteiger partial charge in [-0.2, -0.15) is 0 Å². The van der Waals surface area contributed by atoms with Crippen LogP contribution in [0.4, 0.5) is 0 Å². The van der Waals surface area contributed by atoms with Crippen molar-refractivity contribution in [2.45, 2.75) is 26.8 Å². The third-order valence-corrected chi connectivity index (χ3v) is 3.58. The normalized spacial score (nSPS) is 10.2. The minimum Gasteiger partial charge on any atom is -0.372 e. The second kappa shape index (κ2) is 6.48. The van der Waals surface area contributed by atoms with E-state index in [1.54, 1.807) is 0 Å². The topological polar surface area (TPSA) is 12.0 Å². The summed E-state index contributed by atoms with van der Waals surface area (Å²) >= 11 is 5.40. The SMILES string of the molecule is CCc1ccc(CNC(=S)c2ccc(C)cc2)cc1. The van der Waals surface area contributed by atoms with Gasteiger partial charge in [0, 0.05) is 12.1 Å². The molecule has 0 atom stereocenters. The molecule has 0 aliphatic rings. The van der Waals surface area contributed by atoms with E-state index >= 15 is 0 Å². The molecule has 2 heteroatoms. The van der Waals surface area contributed by atoms with Crippen molar-refractivity contribution in [2.75, 3.05) is 0 Å². The van der Waals surface area contributed by atoms with Gasteiger partial charge in [-0.15, -0.1) is 0 Å². The Hall–Kier alpha value is -1.67. The number of aryl methyl sites for hydroxylation is 2. The Morgan fingerprint density at radius 3 is 2.11 bits per heavy atom. The molecule has 2 aromatic rings. The van der Waals surface area contributed by atoms with Crippen molar-refractivity contribution in [2.24, 2.45) is 0 Å². The molecule has 2 aromatic carbocycles. The summed E-state index contributed by atoms with van der Waals surface area (Å²) in [6, 6.07) is 16.9. The van der Waals surface area contributed by atoms with Gasteiger partial charge in [0.05, 0.1) is 0 Å². The third-order valence-electron chi connectivity index (χ3n) is 3.20. The summed E-state index contributed by atoms with van der Waals surface area (Å²) in [5.41, 5.74) is 4.95. The van der Waals surface area contributed by atoms with Gasteiger partial charge in [-0.1, -0.05) is 73.2 Å². The van der Waals surface area contributed by atoms with Crippen molar-refractivity contribution in [1.29, 1.82) is 0 Å². The summed E-state index contributed by atoms with van der Waals surface area (Å²) in [6.07, 6.45) is 1.08. The third kappa shape index (κ3) is 3.90. The van der Waals surface area contributed by atoms with Gasteiger partial charge in [0.1, 0.15) is 4.99 Å². The maximum Gasteiger partial charge on any atom is 0.106 e. The quantitative estimate of drug-likeness (QED) is 0.841. The molecule has 19 heavy (non-hydrogen) atoms. The standard InChI is InChI=1S/C17H19NS/c1-3-14-6-8-15(9-7-14)12-18-17(19)16-10-4-13(2)5-11-16/h4-11H,3,12H2,1-2H3,(H,18,19). The van der Waals surface area contributed by atoms with Crippen LogP contribution in [0, 0.1) is 6.92 Å². The lowest BCUT2D eigenvalue weighted by Gasteiger charge is -2.09. The molecule has 0 aliphatic heterocycles. The zero-order valence-corrected chi connectivity index (χ0v) is 12.3.